The van der Waals surface area contributed by atoms with E-state index in [2.05, 4.69) is 17.4 Å². The number of fused-ring (bicyclic) bond motifs is 4. The average molecular weight is 298 g/mol. The van der Waals surface area contributed by atoms with E-state index in [-0.39, 0.29) is 11.9 Å². The number of amides is 3. The van der Waals surface area contributed by atoms with Crippen LogP contribution >= 0.6 is 0 Å². The summed E-state index contributed by atoms with van der Waals surface area (Å²) in [5.74, 6) is 0.683. The van der Waals surface area contributed by atoms with Crippen molar-refractivity contribution >= 4 is 17.5 Å². The Hall–Kier alpha value is -2.30. The number of benzene rings is 1. The van der Waals surface area contributed by atoms with E-state index in [1.165, 1.54) is 16.7 Å². The number of imide groups is 1. The van der Waals surface area contributed by atoms with Crippen LogP contribution in [0.25, 0.3) is 5.57 Å². The monoisotopic (exact) mass is 298 g/mol. The molecule has 114 valence electrons. The first-order valence-corrected chi connectivity index (χ1v) is 7.59. The van der Waals surface area contributed by atoms with E-state index in [4.69, 9.17) is 4.74 Å². The van der Waals surface area contributed by atoms with Crippen LogP contribution in [0.2, 0.25) is 0 Å². The van der Waals surface area contributed by atoms with Crippen LogP contribution in [-0.4, -0.2) is 29.5 Å². The maximum Gasteiger partial charge on any atom is 0.329 e. The van der Waals surface area contributed by atoms with Crippen molar-refractivity contribution < 1.29 is 14.3 Å². The number of allylic oxidation sites excluding steroid dienone is 2. The van der Waals surface area contributed by atoms with E-state index in [1.807, 2.05) is 13.0 Å². The molecule has 0 saturated carbocycles. The van der Waals surface area contributed by atoms with Crippen LogP contribution in [0.3, 0.4) is 0 Å². The molecule has 1 aliphatic carbocycles. The highest BCUT2D eigenvalue weighted by molar-refractivity contribution is 6.08. The van der Waals surface area contributed by atoms with Gasteiger partial charge in [0, 0.05) is 5.70 Å². The average Bonchev–Trinajstić information content (AvgIpc) is 2.76. The van der Waals surface area contributed by atoms with Crippen LogP contribution in [-0.2, 0) is 11.2 Å². The third-order valence-corrected chi connectivity index (χ3v) is 5.15. The fourth-order valence-corrected chi connectivity index (χ4v) is 3.91. The molecule has 1 saturated heterocycles. The molecule has 3 aliphatic rings. The highest BCUT2D eigenvalue weighted by atomic mass is 16.5. The molecule has 0 aromatic heterocycles. The first kappa shape index (κ1) is 13.4. The van der Waals surface area contributed by atoms with Gasteiger partial charge in [-0.05, 0) is 61.4 Å². The highest BCUT2D eigenvalue weighted by Crippen LogP contribution is 2.46. The van der Waals surface area contributed by atoms with Gasteiger partial charge in [0.25, 0.3) is 5.91 Å². The molecule has 5 nitrogen and oxygen atoms in total. The van der Waals surface area contributed by atoms with E-state index in [9.17, 15) is 9.59 Å². The summed E-state index contributed by atoms with van der Waals surface area (Å²) in [7, 11) is 1.67. The molecule has 0 bridgehead atoms. The smallest absolute Gasteiger partial charge is 0.329 e. The Labute approximate surface area is 128 Å². The molecule has 2 heterocycles. The van der Waals surface area contributed by atoms with Crippen molar-refractivity contribution in [1.29, 1.82) is 0 Å². The maximum atomic E-state index is 12.2. The van der Waals surface area contributed by atoms with E-state index < -0.39 is 5.54 Å². The van der Waals surface area contributed by atoms with Gasteiger partial charge in [-0.25, -0.2) is 4.79 Å². The summed E-state index contributed by atoms with van der Waals surface area (Å²) in [4.78, 5) is 26.1. The van der Waals surface area contributed by atoms with Crippen LogP contribution in [0.4, 0.5) is 4.79 Å². The predicted octanol–water partition coefficient (Wildman–Crippen LogP) is 2.46. The van der Waals surface area contributed by atoms with Crippen molar-refractivity contribution in [3.05, 3.63) is 35.0 Å². The van der Waals surface area contributed by atoms with E-state index in [0.717, 1.165) is 30.7 Å². The van der Waals surface area contributed by atoms with Crippen molar-refractivity contribution in [2.24, 2.45) is 0 Å². The number of carbonyl (C=O) groups is 2. The Morgan fingerprint density at radius 2 is 2.05 bits per heavy atom. The van der Waals surface area contributed by atoms with Crippen molar-refractivity contribution in [1.82, 2.24) is 10.2 Å². The number of carbonyl (C=O) groups excluding carboxylic acids is 2. The number of hydrogen-bond acceptors (Lipinski definition) is 3. The second-order valence-electron chi connectivity index (χ2n) is 6.32. The number of ether oxygens (including phenoxy) is 1. The minimum atomic E-state index is -0.722. The molecule has 4 rings (SSSR count). The van der Waals surface area contributed by atoms with Crippen molar-refractivity contribution in [2.75, 3.05) is 7.11 Å². The molecule has 5 heteroatoms. The molecule has 2 aliphatic heterocycles. The lowest BCUT2D eigenvalue weighted by Crippen LogP contribution is -2.49. The van der Waals surface area contributed by atoms with Crippen molar-refractivity contribution in [2.45, 2.75) is 38.1 Å². The van der Waals surface area contributed by atoms with Gasteiger partial charge in [0.05, 0.1) is 7.11 Å². The van der Waals surface area contributed by atoms with E-state index in [1.54, 1.807) is 12.0 Å². The standard InChI is InChI=1S/C17H18N2O3/c1-17-8-7-13-12-5-4-11(22-2)9-10(12)3-6-14(13)19(17)16(21)18-15(17)20/h4-5,9H,3,6-8H2,1-2H3,(H,18,20,21)/t17-/m0/s1. The molecule has 0 radical (unpaired) electrons. The van der Waals surface area contributed by atoms with Gasteiger partial charge in [0.1, 0.15) is 11.3 Å². The first-order chi connectivity index (χ1) is 10.5. The Bertz CT molecular complexity index is 737. The molecule has 0 spiro atoms. The Morgan fingerprint density at radius 1 is 1.23 bits per heavy atom. The summed E-state index contributed by atoms with van der Waals surface area (Å²) in [6.07, 6.45) is 3.13. The number of methoxy groups -OCH3 is 1. The maximum absolute atomic E-state index is 12.2. The molecule has 1 fully saturated rings. The summed E-state index contributed by atoms with van der Waals surface area (Å²) in [5, 5.41) is 2.47. The minimum absolute atomic E-state index is 0.176. The zero-order valence-corrected chi connectivity index (χ0v) is 12.7. The normalized spacial score (nSPS) is 26.4. The lowest BCUT2D eigenvalue weighted by atomic mass is 9.78. The molecule has 22 heavy (non-hydrogen) atoms. The van der Waals surface area contributed by atoms with Gasteiger partial charge in [0.15, 0.2) is 0 Å². The molecule has 1 aromatic rings. The van der Waals surface area contributed by atoms with Crippen molar-refractivity contribution in [3.8, 4) is 5.75 Å². The topological polar surface area (TPSA) is 58.6 Å². The van der Waals surface area contributed by atoms with E-state index in [0.29, 0.717) is 6.42 Å². The Balaban J connectivity index is 1.85. The molecule has 1 aromatic carbocycles. The number of nitrogens with zero attached hydrogens (tertiary/aromatic N) is 1. The lowest BCUT2D eigenvalue weighted by molar-refractivity contribution is -0.125. The minimum Gasteiger partial charge on any atom is -0.497 e. The summed E-state index contributed by atoms with van der Waals surface area (Å²) >= 11 is 0. The Kier molecular flexibility index (Phi) is 2.64. The highest BCUT2D eigenvalue weighted by Gasteiger charge is 2.53. The van der Waals surface area contributed by atoms with Crippen LogP contribution < -0.4 is 10.1 Å². The molecule has 1 atom stereocenters. The van der Waals surface area contributed by atoms with Crippen LogP contribution in [0.5, 0.6) is 5.75 Å². The molecular formula is C17H18N2O3. The summed E-state index contributed by atoms with van der Waals surface area (Å²) < 4.78 is 5.30. The summed E-state index contributed by atoms with van der Waals surface area (Å²) in [6.45, 7) is 1.86. The van der Waals surface area contributed by atoms with Gasteiger partial charge >= 0.3 is 6.03 Å². The Morgan fingerprint density at radius 3 is 2.82 bits per heavy atom. The zero-order chi connectivity index (χ0) is 15.5. The fraction of sp³-hybridized carbons (Fsp3) is 0.412. The number of rotatable bonds is 1. The number of urea groups is 1. The van der Waals surface area contributed by atoms with Gasteiger partial charge < -0.3 is 4.74 Å². The third-order valence-electron chi connectivity index (χ3n) is 5.15. The van der Waals surface area contributed by atoms with Crippen LogP contribution in [0, 0.1) is 0 Å². The van der Waals surface area contributed by atoms with Crippen LogP contribution in [0.1, 0.15) is 37.3 Å². The van der Waals surface area contributed by atoms with Crippen LogP contribution in [0.15, 0.2) is 23.9 Å². The lowest BCUT2D eigenvalue weighted by Gasteiger charge is -2.41. The number of hydrogen-bond donors (Lipinski definition) is 1. The molecule has 0 unspecified atom stereocenters. The fourth-order valence-electron chi connectivity index (χ4n) is 3.91. The zero-order valence-electron chi connectivity index (χ0n) is 12.7. The predicted molar refractivity (Wildman–Crippen MR) is 81.3 cm³/mol. The third kappa shape index (κ3) is 1.59. The second-order valence-corrected chi connectivity index (χ2v) is 6.32. The van der Waals surface area contributed by atoms with Crippen molar-refractivity contribution in [3.63, 3.8) is 0 Å². The van der Waals surface area contributed by atoms with Gasteiger partial charge in [-0.3, -0.25) is 15.0 Å². The van der Waals surface area contributed by atoms with Gasteiger partial charge in [-0.15, -0.1) is 0 Å². The number of aryl methyl sites for hydroxylation is 1. The van der Waals surface area contributed by atoms with Gasteiger partial charge in [0.2, 0.25) is 0 Å². The quantitative estimate of drug-likeness (QED) is 0.810. The molecule has 1 N–H and O–H groups in total. The largest absolute Gasteiger partial charge is 0.497 e. The van der Waals surface area contributed by atoms with E-state index >= 15 is 0 Å². The molecule has 3 amide bonds. The van der Waals surface area contributed by atoms with Gasteiger partial charge in [-0.2, -0.15) is 0 Å². The first-order valence-electron chi connectivity index (χ1n) is 7.59. The summed E-state index contributed by atoms with van der Waals surface area (Å²) in [6, 6.07) is 5.82. The number of nitrogens with one attached hydrogen (secondary N) is 1. The van der Waals surface area contributed by atoms with Gasteiger partial charge in [-0.1, -0.05) is 6.07 Å². The SMILES string of the molecule is COc1ccc2c(c1)CCC1=C2CC[C@@]2(C)C(=O)NC(=O)N12. The molecular weight excluding hydrogens is 280 g/mol. The second kappa shape index (κ2) is 4.35. The summed E-state index contributed by atoms with van der Waals surface area (Å²) in [5.41, 5.74) is 3.93.